The van der Waals surface area contributed by atoms with E-state index in [1.165, 1.54) is 7.11 Å². The van der Waals surface area contributed by atoms with Crippen LogP contribution in [0.15, 0.2) is 30.0 Å². The Bertz CT molecular complexity index is 755. The Balaban J connectivity index is 2.19. The maximum atomic E-state index is 12.1. The minimum atomic E-state index is -0.403. The molecule has 5 heteroatoms. The third kappa shape index (κ3) is 1.71. The number of rotatable bonds is 1. The molecule has 1 aromatic carbocycles. The summed E-state index contributed by atoms with van der Waals surface area (Å²) >= 11 is 0. The quantitative estimate of drug-likeness (QED) is 0.474. The van der Waals surface area contributed by atoms with Gasteiger partial charge in [0.15, 0.2) is 0 Å². The molecule has 1 aliphatic rings. The number of ether oxygens (including phenoxy) is 1. The van der Waals surface area contributed by atoms with Gasteiger partial charge in [0.2, 0.25) is 5.78 Å². The van der Waals surface area contributed by atoms with Gasteiger partial charge in [-0.3, -0.25) is 4.79 Å². The molecule has 0 saturated carbocycles. The van der Waals surface area contributed by atoms with Gasteiger partial charge in [-0.15, -0.1) is 0 Å². The smallest absolute Gasteiger partial charge is 0.337 e. The second kappa shape index (κ2) is 4.52. The second-order valence-corrected chi connectivity index (χ2v) is 4.71. The number of aliphatic hydroxyl groups excluding tert-OH is 1. The number of Topliss-reactive ketones (excluding diaryl/α,β-unsaturated/α-hetero) is 1. The molecule has 1 aliphatic carbocycles. The minimum Gasteiger partial charge on any atom is -0.515 e. The molecule has 1 heterocycles. The highest BCUT2D eigenvalue weighted by atomic mass is 16.5. The standard InChI is InChI=1S/C15H13NO4/c1-20-15(19)8-3-5-12-11(6-8)10-4-2-9(7-17)14(18)13(10)16-12/h3,5-7,16-17H,2,4H2,1H3/b9-7-. The molecule has 0 bridgehead atoms. The van der Waals surface area contributed by atoms with E-state index < -0.39 is 5.97 Å². The number of H-pyrrole nitrogens is 1. The van der Waals surface area contributed by atoms with Gasteiger partial charge >= 0.3 is 5.97 Å². The highest BCUT2D eigenvalue weighted by Gasteiger charge is 2.26. The van der Waals surface area contributed by atoms with Gasteiger partial charge in [-0.25, -0.2) is 4.79 Å². The number of hydrogen-bond donors (Lipinski definition) is 2. The summed E-state index contributed by atoms with van der Waals surface area (Å²) < 4.78 is 4.70. The number of esters is 1. The van der Waals surface area contributed by atoms with Crippen molar-refractivity contribution in [1.29, 1.82) is 0 Å². The first-order valence-electron chi connectivity index (χ1n) is 6.26. The van der Waals surface area contributed by atoms with E-state index in [0.29, 0.717) is 29.7 Å². The molecule has 102 valence electrons. The van der Waals surface area contributed by atoms with Gasteiger partial charge in [0.25, 0.3) is 0 Å². The fourth-order valence-electron chi connectivity index (χ4n) is 2.60. The Hall–Kier alpha value is -2.56. The summed E-state index contributed by atoms with van der Waals surface area (Å²) in [6.07, 6.45) is 2.02. The van der Waals surface area contributed by atoms with Gasteiger partial charge in [0, 0.05) is 16.5 Å². The number of carbonyl (C=O) groups is 2. The lowest BCUT2D eigenvalue weighted by molar-refractivity contribution is 0.0601. The van der Waals surface area contributed by atoms with Gasteiger partial charge in [-0.05, 0) is 36.6 Å². The highest BCUT2D eigenvalue weighted by Crippen LogP contribution is 2.31. The van der Waals surface area contributed by atoms with Crippen LogP contribution in [0.3, 0.4) is 0 Å². The molecule has 3 rings (SSSR count). The van der Waals surface area contributed by atoms with Crippen LogP contribution >= 0.6 is 0 Å². The zero-order valence-electron chi connectivity index (χ0n) is 10.9. The number of fused-ring (bicyclic) bond motifs is 3. The van der Waals surface area contributed by atoms with Gasteiger partial charge in [-0.2, -0.15) is 0 Å². The van der Waals surface area contributed by atoms with Crippen LogP contribution in [0, 0.1) is 0 Å². The molecule has 2 aromatic rings. The van der Waals surface area contributed by atoms with Gasteiger partial charge < -0.3 is 14.8 Å². The largest absolute Gasteiger partial charge is 0.515 e. The number of nitrogens with one attached hydrogen (secondary N) is 1. The topological polar surface area (TPSA) is 79.4 Å². The normalized spacial score (nSPS) is 16.4. The molecule has 20 heavy (non-hydrogen) atoms. The van der Waals surface area contributed by atoms with Crippen molar-refractivity contribution in [3.05, 3.63) is 46.9 Å². The van der Waals surface area contributed by atoms with Gasteiger partial charge in [0.05, 0.1) is 24.6 Å². The number of hydrogen-bond acceptors (Lipinski definition) is 4. The van der Waals surface area contributed by atoms with E-state index in [1.807, 2.05) is 0 Å². The Morgan fingerprint density at radius 1 is 1.40 bits per heavy atom. The SMILES string of the molecule is COC(=O)c1ccc2[nH]c3c(c2c1)CC/C(=C/O)C3=O. The molecule has 0 radical (unpaired) electrons. The summed E-state index contributed by atoms with van der Waals surface area (Å²) in [5.41, 5.74) is 3.04. The molecule has 0 aliphatic heterocycles. The fourth-order valence-corrected chi connectivity index (χ4v) is 2.60. The van der Waals surface area contributed by atoms with E-state index in [9.17, 15) is 9.59 Å². The van der Waals surface area contributed by atoms with Crippen molar-refractivity contribution in [3.63, 3.8) is 0 Å². The Morgan fingerprint density at radius 2 is 2.20 bits per heavy atom. The second-order valence-electron chi connectivity index (χ2n) is 4.71. The van der Waals surface area contributed by atoms with Crippen LogP contribution < -0.4 is 0 Å². The molecule has 0 fully saturated rings. The molecule has 1 aromatic heterocycles. The summed E-state index contributed by atoms with van der Waals surface area (Å²) in [7, 11) is 1.33. The van der Waals surface area contributed by atoms with Crippen LogP contribution in [-0.4, -0.2) is 29.0 Å². The molecule has 0 atom stereocenters. The summed E-state index contributed by atoms with van der Waals surface area (Å²) in [6.45, 7) is 0. The van der Waals surface area contributed by atoms with E-state index in [0.717, 1.165) is 22.7 Å². The van der Waals surface area contributed by atoms with Crippen molar-refractivity contribution in [2.24, 2.45) is 0 Å². The maximum Gasteiger partial charge on any atom is 0.337 e. The number of ketones is 1. The molecule has 0 unspecified atom stereocenters. The zero-order chi connectivity index (χ0) is 14.3. The monoisotopic (exact) mass is 271 g/mol. The number of aromatic nitrogens is 1. The molecular weight excluding hydrogens is 258 g/mol. The first-order chi connectivity index (χ1) is 9.65. The number of allylic oxidation sites excluding steroid dienone is 1. The molecular formula is C15H13NO4. The number of aliphatic hydroxyl groups is 1. The lowest BCUT2D eigenvalue weighted by atomic mass is 9.91. The minimum absolute atomic E-state index is 0.190. The van der Waals surface area contributed by atoms with Crippen LogP contribution in [0.2, 0.25) is 0 Å². The summed E-state index contributed by atoms with van der Waals surface area (Å²) in [6, 6.07) is 5.15. The predicted molar refractivity (Wildman–Crippen MR) is 73.0 cm³/mol. The maximum absolute atomic E-state index is 12.1. The Morgan fingerprint density at radius 3 is 2.90 bits per heavy atom. The highest BCUT2D eigenvalue weighted by molar-refractivity contribution is 6.13. The van der Waals surface area contributed by atoms with Crippen molar-refractivity contribution in [1.82, 2.24) is 4.98 Å². The fraction of sp³-hybridized carbons (Fsp3) is 0.200. The van der Waals surface area contributed by atoms with E-state index in [1.54, 1.807) is 18.2 Å². The van der Waals surface area contributed by atoms with E-state index in [4.69, 9.17) is 9.84 Å². The van der Waals surface area contributed by atoms with Crippen molar-refractivity contribution >= 4 is 22.7 Å². The number of methoxy groups -OCH3 is 1. The van der Waals surface area contributed by atoms with Crippen molar-refractivity contribution < 1.29 is 19.4 Å². The average Bonchev–Trinajstić information content (AvgIpc) is 2.85. The van der Waals surface area contributed by atoms with Crippen LogP contribution in [0.4, 0.5) is 0 Å². The third-order valence-corrected chi connectivity index (χ3v) is 3.65. The molecule has 5 nitrogen and oxygen atoms in total. The van der Waals surface area contributed by atoms with Crippen molar-refractivity contribution in [2.45, 2.75) is 12.8 Å². The lowest BCUT2D eigenvalue weighted by Crippen LogP contribution is -2.13. The molecule has 0 saturated heterocycles. The first kappa shape index (κ1) is 12.5. The number of aromatic amines is 1. The summed E-state index contributed by atoms with van der Waals surface area (Å²) in [4.78, 5) is 26.8. The van der Waals surface area contributed by atoms with Crippen LogP contribution in [0.1, 0.15) is 32.8 Å². The number of aryl methyl sites for hydroxylation is 1. The Labute approximate surface area is 114 Å². The molecule has 2 N–H and O–H groups in total. The van der Waals surface area contributed by atoms with Crippen LogP contribution in [-0.2, 0) is 11.2 Å². The van der Waals surface area contributed by atoms with E-state index in [-0.39, 0.29) is 5.78 Å². The predicted octanol–water partition coefficient (Wildman–Crippen LogP) is 2.53. The van der Waals surface area contributed by atoms with Crippen LogP contribution in [0.25, 0.3) is 10.9 Å². The zero-order valence-corrected chi connectivity index (χ0v) is 10.9. The van der Waals surface area contributed by atoms with E-state index in [2.05, 4.69) is 4.98 Å². The average molecular weight is 271 g/mol. The third-order valence-electron chi connectivity index (χ3n) is 3.65. The summed E-state index contributed by atoms with van der Waals surface area (Å²) in [5.74, 6) is -0.593. The lowest BCUT2D eigenvalue weighted by Gasteiger charge is -2.12. The van der Waals surface area contributed by atoms with Gasteiger partial charge in [0.1, 0.15) is 0 Å². The van der Waals surface area contributed by atoms with E-state index >= 15 is 0 Å². The van der Waals surface area contributed by atoms with Gasteiger partial charge in [-0.1, -0.05) is 0 Å². The summed E-state index contributed by atoms with van der Waals surface area (Å²) in [5, 5.41) is 9.91. The van der Waals surface area contributed by atoms with Crippen LogP contribution in [0.5, 0.6) is 0 Å². The van der Waals surface area contributed by atoms with Crippen molar-refractivity contribution in [3.8, 4) is 0 Å². The number of benzene rings is 1. The first-order valence-corrected chi connectivity index (χ1v) is 6.26. The molecule has 0 amide bonds. The number of carbonyl (C=O) groups excluding carboxylic acids is 2. The molecule has 0 spiro atoms. The van der Waals surface area contributed by atoms with Crippen molar-refractivity contribution in [2.75, 3.05) is 7.11 Å². The Kier molecular flexibility index (Phi) is 2.82.